The fourth-order valence-corrected chi connectivity index (χ4v) is 1.58. The summed E-state index contributed by atoms with van der Waals surface area (Å²) in [6, 6.07) is 9.66. The zero-order valence-electron chi connectivity index (χ0n) is 8.53. The highest BCUT2D eigenvalue weighted by Crippen LogP contribution is 2.34. The van der Waals surface area contributed by atoms with E-state index in [1.807, 2.05) is 18.2 Å². The third-order valence-corrected chi connectivity index (χ3v) is 2.88. The summed E-state index contributed by atoms with van der Waals surface area (Å²) in [6.07, 6.45) is 2.09. The van der Waals surface area contributed by atoms with Crippen molar-refractivity contribution in [3.8, 4) is 6.07 Å². The van der Waals surface area contributed by atoms with E-state index in [9.17, 15) is 0 Å². The molecule has 3 nitrogen and oxygen atoms in total. The number of aliphatic hydroxyl groups is 1. The van der Waals surface area contributed by atoms with Gasteiger partial charge in [-0.25, -0.2) is 0 Å². The minimum absolute atomic E-state index is 0.0390. The number of hydrogen-bond acceptors (Lipinski definition) is 3. The Morgan fingerprint density at radius 3 is 2.87 bits per heavy atom. The largest absolute Gasteiger partial charge is 0.394 e. The van der Waals surface area contributed by atoms with Crippen LogP contribution in [0.2, 0.25) is 0 Å². The minimum Gasteiger partial charge on any atom is -0.394 e. The first kappa shape index (κ1) is 10.2. The second-order valence-corrected chi connectivity index (χ2v) is 4.10. The van der Waals surface area contributed by atoms with Gasteiger partial charge in [-0.1, -0.05) is 12.1 Å². The Balaban J connectivity index is 1.96. The van der Waals surface area contributed by atoms with E-state index in [0.29, 0.717) is 5.56 Å². The first-order valence-corrected chi connectivity index (χ1v) is 5.13. The maximum atomic E-state index is 9.12. The van der Waals surface area contributed by atoms with Crippen LogP contribution in [0.3, 0.4) is 0 Å². The normalized spacial score (nSPS) is 17.1. The van der Waals surface area contributed by atoms with Gasteiger partial charge in [0, 0.05) is 12.1 Å². The van der Waals surface area contributed by atoms with Gasteiger partial charge in [-0.15, -0.1) is 0 Å². The van der Waals surface area contributed by atoms with Crippen molar-refractivity contribution in [3.05, 3.63) is 35.4 Å². The summed E-state index contributed by atoms with van der Waals surface area (Å²) < 4.78 is 0. The monoisotopic (exact) mass is 202 g/mol. The first-order valence-electron chi connectivity index (χ1n) is 5.13. The van der Waals surface area contributed by atoms with Gasteiger partial charge in [0.15, 0.2) is 0 Å². The zero-order valence-corrected chi connectivity index (χ0v) is 8.53. The van der Waals surface area contributed by atoms with Crippen molar-refractivity contribution in [2.75, 3.05) is 6.61 Å². The Morgan fingerprint density at radius 2 is 2.27 bits per heavy atom. The smallest absolute Gasteiger partial charge is 0.0991 e. The third kappa shape index (κ3) is 2.35. The molecule has 1 aliphatic carbocycles. The number of nitrogens with one attached hydrogen (secondary N) is 1. The van der Waals surface area contributed by atoms with Gasteiger partial charge in [0.25, 0.3) is 0 Å². The summed E-state index contributed by atoms with van der Waals surface area (Å²) >= 11 is 0. The lowest BCUT2D eigenvalue weighted by molar-refractivity contribution is 0.229. The van der Waals surface area contributed by atoms with Crippen molar-refractivity contribution < 1.29 is 5.11 Å². The van der Waals surface area contributed by atoms with Gasteiger partial charge in [-0.3, -0.25) is 0 Å². The first-order chi connectivity index (χ1) is 7.28. The van der Waals surface area contributed by atoms with Gasteiger partial charge in [0.1, 0.15) is 0 Å². The Morgan fingerprint density at radius 1 is 1.47 bits per heavy atom. The minimum atomic E-state index is -0.0390. The van der Waals surface area contributed by atoms with Gasteiger partial charge >= 0.3 is 0 Å². The third-order valence-electron chi connectivity index (χ3n) is 2.88. The summed E-state index contributed by atoms with van der Waals surface area (Å²) in [7, 11) is 0. The molecule has 0 atom stereocenters. The average Bonchev–Trinajstić information content (AvgIpc) is 3.07. The summed E-state index contributed by atoms with van der Waals surface area (Å²) in [5.74, 6) is 0. The van der Waals surface area contributed by atoms with Gasteiger partial charge in [-0.2, -0.15) is 5.26 Å². The van der Waals surface area contributed by atoms with Gasteiger partial charge in [0.05, 0.1) is 18.2 Å². The second-order valence-electron chi connectivity index (χ2n) is 4.10. The lowest BCUT2D eigenvalue weighted by atomic mass is 10.1. The topological polar surface area (TPSA) is 56.0 Å². The van der Waals surface area contributed by atoms with Crippen LogP contribution in [0.5, 0.6) is 0 Å². The fourth-order valence-electron chi connectivity index (χ4n) is 1.58. The number of aliphatic hydroxyl groups excluding tert-OH is 1. The maximum Gasteiger partial charge on any atom is 0.0991 e. The Hall–Kier alpha value is -1.37. The number of hydrogen-bond donors (Lipinski definition) is 2. The highest BCUT2D eigenvalue weighted by atomic mass is 16.3. The number of benzene rings is 1. The molecular formula is C12H14N2O. The van der Waals surface area contributed by atoms with Crippen LogP contribution in [-0.4, -0.2) is 17.3 Å². The van der Waals surface area contributed by atoms with Gasteiger partial charge < -0.3 is 10.4 Å². The van der Waals surface area contributed by atoms with E-state index in [-0.39, 0.29) is 12.1 Å². The van der Waals surface area contributed by atoms with E-state index >= 15 is 0 Å². The molecule has 1 fully saturated rings. The Kier molecular flexibility index (Phi) is 2.72. The molecule has 1 saturated carbocycles. The van der Waals surface area contributed by atoms with Crippen molar-refractivity contribution in [1.82, 2.24) is 5.32 Å². The summed E-state index contributed by atoms with van der Waals surface area (Å²) in [5, 5.41) is 21.2. The average molecular weight is 202 g/mol. The lowest BCUT2D eigenvalue weighted by Crippen LogP contribution is -2.34. The number of rotatable bonds is 4. The van der Waals surface area contributed by atoms with Crippen LogP contribution >= 0.6 is 0 Å². The Labute approximate surface area is 89.4 Å². The number of nitrogens with zero attached hydrogens (tertiary/aromatic N) is 1. The molecule has 0 bridgehead atoms. The quantitative estimate of drug-likeness (QED) is 0.770. The molecule has 1 aliphatic rings. The van der Waals surface area contributed by atoms with Crippen molar-refractivity contribution in [3.63, 3.8) is 0 Å². The predicted molar refractivity (Wildman–Crippen MR) is 57.0 cm³/mol. The van der Waals surface area contributed by atoms with E-state index in [4.69, 9.17) is 10.4 Å². The van der Waals surface area contributed by atoms with Crippen LogP contribution < -0.4 is 5.32 Å². The molecule has 15 heavy (non-hydrogen) atoms. The molecule has 0 amide bonds. The van der Waals surface area contributed by atoms with E-state index in [1.165, 1.54) is 0 Å². The molecular weight excluding hydrogens is 188 g/mol. The molecule has 0 saturated heterocycles. The molecule has 1 aromatic carbocycles. The molecule has 0 spiro atoms. The van der Waals surface area contributed by atoms with Gasteiger partial charge in [0.2, 0.25) is 0 Å². The van der Waals surface area contributed by atoms with Crippen LogP contribution in [-0.2, 0) is 6.54 Å². The molecule has 0 unspecified atom stereocenters. The zero-order chi connectivity index (χ0) is 10.7. The van der Waals surface area contributed by atoms with Crippen LogP contribution in [0.15, 0.2) is 24.3 Å². The highest BCUT2D eigenvalue weighted by molar-refractivity contribution is 5.32. The molecule has 2 rings (SSSR count). The van der Waals surface area contributed by atoms with E-state index in [0.717, 1.165) is 24.9 Å². The van der Waals surface area contributed by atoms with Crippen LogP contribution in [0.25, 0.3) is 0 Å². The molecule has 0 radical (unpaired) electrons. The van der Waals surface area contributed by atoms with Crippen molar-refractivity contribution >= 4 is 0 Å². The predicted octanol–water partition coefficient (Wildman–Crippen LogP) is 1.17. The molecule has 3 heteroatoms. The highest BCUT2D eigenvalue weighted by Gasteiger charge is 2.41. The van der Waals surface area contributed by atoms with Crippen molar-refractivity contribution in [2.24, 2.45) is 0 Å². The molecule has 78 valence electrons. The van der Waals surface area contributed by atoms with Gasteiger partial charge in [-0.05, 0) is 30.5 Å². The Bertz CT molecular complexity index is 391. The van der Waals surface area contributed by atoms with Crippen LogP contribution in [0.4, 0.5) is 0 Å². The molecule has 2 N–H and O–H groups in total. The van der Waals surface area contributed by atoms with E-state index in [1.54, 1.807) is 6.07 Å². The van der Waals surface area contributed by atoms with E-state index < -0.39 is 0 Å². The summed E-state index contributed by atoms with van der Waals surface area (Å²) in [5.41, 5.74) is 1.74. The SMILES string of the molecule is N#Cc1cccc(CNC2(CO)CC2)c1. The summed E-state index contributed by atoms with van der Waals surface area (Å²) in [6.45, 7) is 0.918. The lowest BCUT2D eigenvalue weighted by Gasteiger charge is -2.13. The second kappa shape index (κ2) is 4.01. The molecule has 0 aromatic heterocycles. The summed E-state index contributed by atoms with van der Waals surface area (Å²) in [4.78, 5) is 0. The van der Waals surface area contributed by atoms with Crippen molar-refractivity contribution in [1.29, 1.82) is 5.26 Å². The van der Waals surface area contributed by atoms with E-state index in [2.05, 4.69) is 11.4 Å². The molecule has 1 aromatic rings. The van der Waals surface area contributed by atoms with Crippen LogP contribution in [0, 0.1) is 11.3 Å². The maximum absolute atomic E-state index is 9.12. The van der Waals surface area contributed by atoms with Crippen molar-refractivity contribution in [2.45, 2.75) is 24.9 Å². The fraction of sp³-hybridized carbons (Fsp3) is 0.417. The molecule has 0 aliphatic heterocycles. The standard InChI is InChI=1S/C12H14N2O/c13-7-10-2-1-3-11(6-10)8-14-12(9-15)4-5-12/h1-3,6,14-15H,4-5,8-9H2. The number of nitriles is 1. The molecule has 0 heterocycles. The van der Waals surface area contributed by atoms with Crippen LogP contribution in [0.1, 0.15) is 24.0 Å².